The molecule has 3 rings (SSSR count). The van der Waals surface area contributed by atoms with E-state index in [-0.39, 0.29) is 36.1 Å². The third-order valence-corrected chi connectivity index (χ3v) is 5.92. The standard InChI is InChI=1S/C21H34N4O.2ClH/c1-18-4-3-5-19(16-18)25-14-12-24(13-15-25)11-6-20(26)23-17-21(2)7-9-22-10-8-21;;/h3-5,16,22H,6-15,17H2,1-2H3,(H,23,26);2*1H. The fourth-order valence-corrected chi connectivity index (χ4v) is 3.92. The van der Waals surface area contributed by atoms with Crippen molar-refractivity contribution in [1.29, 1.82) is 0 Å². The van der Waals surface area contributed by atoms with Gasteiger partial charge in [-0.1, -0.05) is 19.1 Å². The second-order valence-electron chi connectivity index (χ2n) is 8.26. The molecule has 1 amide bonds. The van der Waals surface area contributed by atoms with Crippen molar-refractivity contribution in [3.05, 3.63) is 29.8 Å². The maximum atomic E-state index is 12.2. The molecule has 2 heterocycles. The van der Waals surface area contributed by atoms with Gasteiger partial charge in [0.25, 0.3) is 0 Å². The first-order valence-electron chi connectivity index (χ1n) is 10.1. The molecular formula is C21H36Cl2N4O. The smallest absolute Gasteiger partial charge is 0.221 e. The summed E-state index contributed by atoms with van der Waals surface area (Å²) in [5.41, 5.74) is 2.89. The second kappa shape index (κ2) is 11.9. The Balaban J connectivity index is 0.00000196. The highest BCUT2D eigenvalue weighted by Crippen LogP contribution is 2.26. The molecule has 0 saturated carbocycles. The van der Waals surface area contributed by atoms with E-state index in [1.165, 1.54) is 11.3 Å². The van der Waals surface area contributed by atoms with Crippen molar-refractivity contribution in [1.82, 2.24) is 15.5 Å². The molecule has 7 heteroatoms. The maximum Gasteiger partial charge on any atom is 0.221 e. The number of amides is 1. The lowest BCUT2D eigenvalue weighted by molar-refractivity contribution is -0.122. The van der Waals surface area contributed by atoms with Crippen LogP contribution in [0.5, 0.6) is 0 Å². The molecule has 2 aliphatic heterocycles. The van der Waals surface area contributed by atoms with Gasteiger partial charge >= 0.3 is 0 Å². The number of rotatable bonds is 6. The van der Waals surface area contributed by atoms with Gasteiger partial charge in [-0.3, -0.25) is 9.69 Å². The molecule has 0 atom stereocenters. The number of halogens is 2. The molecule has 2 fully saturated rings. The van der Waals surface area contributed by atoms with Gasteiger partial charge in [-0.15, -0.1) is 24.8 Å². The highest BCUT2D eigenvalue weighted by Gasteiger charge is 2.27. The summed E-state index contributed by atoms with van der Waals surface area (Å²) in [6, 6.07) is 8.72. The molecule has 1 aromatic rings. The van der Waals surface area contributed by atoms with E-state index in [2.05, 4.69) is 58.5 Å². The third-order valence-electron chi connectivity index (χ3n) is 5.92. The Kier molecular flexibility index (Phi) is 10.6. The highest BCUT2D eigenvalue weighted by molar-refractivity contribution is 5.85. The van der Waals surface area contributed by atoms with Crippen LogP contribution in [0.25, 0.3) is 0 Å². The van der Waals surface area contributed by atoms with E-state index in [0.29, 0.717) is 6.42 Å². The molecule has 1 aromatic carbocycles. The number of piperazine rings is 1. The number of aryl methyl sites for hydroxylation is 1. The Morgan fingerprint density at radius 3 is 2.46 bits per heavy atom. The molecule has 0 spiro atoms. The average Bonchev–Trinajstić information content (AvgIpc) is 2.66. The fraction of sp³-hybridized carbons (Fsp3) is 0.667. The summed E-state index contributed by atoms with van der Waals surface area (Å²) in [7, 11) is 0. The largest absolute Gasteiger partial charge is 0.369 e. The zero-order valence-electron chi connectivity index (χ0n) is 17.2. The van der Waals surface area contributed by atoms with Crippen molar-refractivity contribution in [3.8, 4) is 0 Å². The van der Waals surface area contributed by atoms with Crippen LogP contribution in [0.4, 0.5) is 5.69 Å². The lowest BCUT2D eigenvalue weighted by Gasteiger charge is -2.36. The van der Waals surface area contributed by atoms with E-state index in [1.807, 2.05) is 0 Å². The van der Waals surface area contributed by atoms with Gasteiger partial charge in [0, 0.05) is 51.4 Å². The Bertz CT molecular complexity index is 600. The van der Waals surface area contributed by atoms with Crippen molar-refractivity contribution >= 4 is 36.4 Å². The van der Waals surface area contributed by atoms with Gasteiger partial charge in [0.15, 0.2) is 0 Å². The molecule has 160 valence electrons. The number of nitrogens with zero attached hydrogens (tertiary/aromatic N) is 2. The average molecular weight is 431 g/mol. The van der Waals surface area contributed by atoms with Crippen molar-refractivity contribution in [3.63, 3.8) is 0 Å². The molecule has 2 N–H and O–H groups in total. The molecule has 0 bridgehead atoms. The van der Waals surface area contributed by atoms with Gasteiger partial charge in [0.2, 0.25) is 5.91 Å². The summed E-state index contributed by atoms with van der Waals surface area (Å²) in [4.78, 5) is 17.1. The second-order valence-corrected chi connectivity index (χ2v) is 8.26. The minimum absolute atomic E-state index is 0. The van der Waals surface area contributed by atoms with Gasteiger partial charge in [-0.05, 0) is 56.0 Å². The number of hydrogen-bond acceptors (Lipinski definition) is 4. The monoisotopic (exact) mass is 430 g/mol. The number of piperidine rings is 1. The van der Waals surface area contributed by atoms with Crippen LogP contribution in [0, 0.1) is 12.3 Å². The molecule has 5 nitrogen and oxygen atoms in total. The maximum absolute atomic E-state index is 12.2. The third kappa shape index (κ3) is 7.43. The van der Waals surface area contributed by atoms with Crippen LogP contribution >= 0.6 is 24.8 Å². The van der Waals surface area contributed by atoms with Gasteiger partial charge < -0.3 is 15.5 Å². The summed E-state index contributed by atoms with van der Waals surface area (Å²) in [5, 5.41) is 6.56. The van der Waals surface area contributed by atoms with Crippen molar-refractivity contribution in [2.45, 2.75) is 33.1 Å². The van der Waals surface area contributed by atoms with Gasteiger partial charge in [-0.2, -0.15) is 0 Å². The lowest BCUT2D eigenvalue weighted by Crippen LogP contribution is -2.47. The summed E-state index contributed by atoms with van der Waals surface area (Å²) >= 11 is 0. The Morgan fingerprint density at radius 2 is 1.82 bits per heavy atom. The van der Waals surface area contributed by atoms with Crippen LogP contribution < -0.4 is 15.5 Å². The number of anilines is 1. The van der Waals surface area contributed by atoms with Crippen LogP contribution in [0.1, 0.15) is 31.7 Å². The van der Waals surface area contributed by atoms with E-state index in [0.717, 1.165) is 65.2 Å². The van der Waals surface area contributed by atoms with Gasteiger partial charge in [-0.25, -0.2) is 0 Å². The van der Waals surface area contributed by atoms with Crippen LogP contribution in [-0.4, -0.2) is 63.2 Å². The first kappa shape index (κ1) is 25.0. The normalized spacial score (nSPS) is 19.3. The van der Waals surface area contributed by atoms with E-state index >= 15 is 0 Å². The number of nitrogens with one attached hydrogen (secondary N) is 2. The predicted octanol–water partition coefficient (Wildman–Crippen LogP) is 2.86. The lowest BCUT2D eigenvalue weighted by atomic mass is 9.81. The zero-order valence-corrected chi connectivity index (χ0v) is 18.8. The molecule has 28 heavy (non-hydrogen) atoms. The zero-order chi connectivity index (χ0) is 18.4. The Labute approximate surface area is 182 Å². The number of carbonyl (C=O) groups excluding carboxylic acids is 1. The van der Waals surface area contributed by atoms with Crippen LogP contribution in [0.3, 0.4) is 0 Å². The molecule has 2 saturated heterocycles. The van der Waals surface area contributed by atoms with E-state index in [4.69, 9.17) is 0 Å². The fourth-order valence-electron chi connectivity index (χ4n) is 3.92. The van der Waals surface area contributed by atoms with Crippen LogP contribution in [-0.2, 0) is 4.79 Å². The minimum Gasteiger partial charge on any atom is -0.369 e. The number of carbonyl (C=O) groups is 1. The molecule has 0 unspecified atom stereocenters. The van der Waals surface area contributed by atoms with E-state index in [1.54, 1.807) is 0 Å². The van der Waals surface area contributed by atoms with Crippen molar-refractivity contribution in [2.75, 3.05) is 57.3 Å². The van der Waals surface area contributed by atoms with Crippen molar-refractivity contribution in [2.24, 2.45) is 5.41 Å². The highest BCUT2D eigenvalue weighted by atomic mass is 35.5. The SMILES string of the molecule is Cc1cccc(N2CCN(CCC(=O)NCC3(C)CCNCC3)CC2)c1.Cl.Cl. The first-order chi connectivity index (χ1) is 12.5. The minimum atomic E-state index is 0. The van der Waals surface area contributed by atoms with Gasteiger partial charge in [0.05, 0.1) is 0 Å². The van der Waals surface area contributed by atoms with E-state index in [9.17, 15) is 4.79 Å². The Hall–Kier alpha value is -1.01. The van der Waals surface area contributed by atoms with Crippen LogP contribution in [0.2, 0.25) is 0 Å². The first-order valence-corrected chi connectivity index (χ1v) is 10.1. The molecular weight excluding hydrogens is 395 g/mol. The van der Waals surface area contributed by atoms with E-state index < -0.39 is 0 Å². The molecule has 0 aromatic heterocycles. The quantitative estimate of drug-likeness (QED) is 0.728. The molecule has 0 aliphatic carbocycles. The van der Waals surface area contributed by atoms with Crippen LogP contribution in [0.15, 0.2) is 24.3 Å². The Morgan fingerprint density at radius 1 is 1.14 bits per heavy atom. The summed E-state index contributed by atoms with van der Waals surface area (Å²) < 4.78 is 0. The summed E-state index contributed by atoms with van der Waals surface area (Å²) in [6.07, 6.45) is 2.90. The summed E-state index contributed by atoms with van der Waals surface area (Å²) in [6.45, 7) is 12.4. The molecule has 0 radical (unpaired) electrons. The topological polar surface area (TPSA) is 47.6 Å². The predicted molar refractivity (Wildman–Crippen MR) is 122 cm³/mol. The summed E-state index contributed by atoms with van der Waals surface area (Å²) in [5.74, 6) is 0.200. The number of hydrogen-bond donors (Lipinski definition) is 2. The van der Waals surface area contributed by atoms with Gasteiger partial charge in [0.1, 0.15) is 0 Å². The molecule has 2 aliphatic rings. The van der Waals surface area contributed by atoms with Crippen molar-refractivity contribution < 1.29 is 4.79 Å². The number of benzene rings is 1.